The summed E-state index contributed by atoms with van der Waals surface area (Å²) in [6.07, 6.45) is 1.32. The first kappa shape index (κ1) is 14.2. The minimum atomic E-state index is -4.04. The molecule has 0 unspecified atom stereocenters. The van der Waals surface area contributed by atoms with Gasteiger partial charge >= 0.3 is 0 Å². The van der Waals surface area contributed by atoms with E-state index in [1.807, 2.05) is 6.07 Å². The molecular weight excluding hydrogens is 353 g/mol. The number of aromatic nitrogens is 1. The highest BCUT2D eigenvalue weighted by atomic mass is 32.2. The summed E-state index contributed by atoms with van der Waals surface area (Å²) >= 11 is 0. The van der Waals surface area contributed by atoms with Crippen molar-refractivity contribution in [2.75, 3.05) is 6.98 Å². The molecule has 0 fully saturated rings. The molecular formula is C19H16FN3O2S. The van der Waals surface area contributed by atoms with E-state index in [1.165, 1.54) is 60.8 Å². The van der Waals surface area contributed by atoms with Gasteiger partial charge in [-0.15, -0.1) is 0 Å². The number of nitriles is 1. The SMILES string of the molecule is [2H]C([2H])([2H])NCc1cc(-c2ccc(F)cc2)n(S(=O)(=O)c2ccc(C#N)cc2)c1. The average molecular weight is 372 g/mol. The maximum atomic E-state index is 13.3. The highest BCUT2D eigenvalue weighted by Gasteiger charge is 2.22. The molecule has 1 heterocycles. The number of benzene rings is 2. The molecule has 1 aromatic heterocycles. The molecule has 0 aliphatic heterocycles. The van der Waals surface area contributed by atoms with E-state index in [0.29, 0.717) is 16.7 Å². The highest BCUT2D eigenvalue weighted by molar-refractivity contribution is 7.90. The summed E-state index contributed by atoms with van der Waals surface area (Å²) in [7, 11) is -4.04. The van der Waals surface area contributed by atoms with E-state index in [1.54, 1.807) is 0 Å². The number of nitrogens with zero attached hydrogens (tertiary/aromatic N) is 2. The lowest BCUT2D eigenvalue weighted by atomic mass is 10.1. The Morgan fingerprint density at radius 2 is 1.88 bits per heavy atom. The lowest BCUT2D eigenvalue weighted by Gasteiger charge is -2.11. The van der Waals surface area contributed by atoms with E-state index in [2.05, 4.69) is 5.32 Å². The summed E-state index contributed by atoms with van der Waals surface area (Å²) in [5, 5.41) is 11.2. The second-order valence-corrected chi connectivity index (χ2v) is 7.35. The molecule has 1 N–H and O–H groups in total. The number of rotatable bonds is 5. The van der Waals surface area contributed by atoms with Gasteiger partial charge in [-0.2, -0.15) is 5.26 Å². The average Bonchev–Trinajstić information content (AvgIpc) is 3.12. The van der Waals surface area contributed by atoms with E-state index in [0.717, 1.165) is 3.97 Å². The number of halogens is 1. The van der Waals surface area contributed by atoms with Gasteiger partial charge in [-0.1, -0.05) is 0 Å². The summed E-state index contributed by atoms with van der Waals surface area (Å²) in [4.78, 5) is -0.0363. The smallest absolute Gasteiger partial charge is 0.268 e. The minimum absolute atomic E-state index is 0.0363. The Bertz CT molecular complexity index is 1160. The fraction of sp³-hybridized carbons (Fsp3) is 0.105. The van der Waals surface area contributed by atoms with Gasteiger partial charge in [-0.05, 0) is 72.7 Å². The zero-order valence-corrected chi connectivity index (χ0v) is 14.3. The first-order valence-corrected chi connectivity index (χ1v) is 9.02. The lowest BCUT2D eigenvalue weighted by molar-refractivity contribution is 0.588. The van der Waals surface area contributed by atoms with Crippen molar-refractivity contribution in [1.29, 1.82) is 5.26 Å². The van der Waals surface area contributed by atoms with Crippen molar-refractivity contribution in [3.8, 4) is 17.3 Å². The first-order valence-electron chi connectivity index (χ1n) is 9.08. The van der Waals surface area contributed by atoms with E-state index in [4.69, 9.17) is 9.37 Å². The molecule has 3 rings (SSSR count). The monoisotopic (exact) mass is 372 g/mol. The maximum Gasteiger partial charge on any atom is 0.268 e. The second-order valence-electron chi connectivity index (χ2n) is 5.53. The molecule has 3 aromatic rings. The van der Waals surface area contributed by atoms with Crippen LogP contribution in [0.5, 0.6) is 0 Å². The van der Waals surface area contributed by atoms with Crippen molar-refractivity contribution in [3.63, 3.8) is 0 Å². The molecule has 0 saturated carbocycles. The van der Waals surface area contributed by atoms with Gasteiger partial charge in [0, 0.05) is 16.9 Å². The van der Waals surface area contributed by atoms with E-state index < -0.39 is 22.8 Å². The summed E-state index contributed by atoms with van der Waals surface area (Å²) in [6, 6.07) is 14.2. The van der Waals surface area contributed by atoms with Gasteiger partial charge in [0.05, 0.1) is 22.2 Å². The van der Waals surface area contributed by atoms with Gasteiger partial charge in [-0.25, -0.2) is 16.8 Å². The van der Waals surface area contributed by atoms with Crippen LogP contribution >= 0.6 is 0 Å². The third-order valence-electron chi connectivity index (χ3n) is 3.82. The van der Waals surface area contributed by atoms with Crippen LogP contribution in [-0.2, 0) is 16.6 Å². The number of hydrogen-bond donors (Lipinski definition) is 1. The van der Waals surface area contributed by atoms with Crippen molar-refractivity contribution in [2.45, 2.75) is 11.4 Å². The third-order valence-corrected chi connectivity index (χ3v) is 5.50. The number of hydrogen-bond acceptors (Lipinski definition) is 4. The molecule has 132 valence electrons. The van der Waals surface area contributed by atoms with Crippen LogP contribution in [0.4, 0.5) is 4.39 Å². The zero-order valence-electron chi connectivity index (χ0n) is 16.5. The molecule has 0 saturated heterocycles. The Kier molecular flexibility index (Phi) is 3.90. The quantitative estimate of drug-likeness (QED) is 0.747. The predicted octanol–water partition coefficient (Wildman–Crippen LogP) is 3.12. The summed E-state index contributed by atoms with van der Waals surface area (Å²) in [5.41, 5.74) is 1.45. The minimum Gasteiger partial charge on any atom is -0.316 e. The van der Waals surface area contributed by atoms with Crippen molar-refractivity contribution < 1.29 is 16.9 Å². The topological polar surface area (TPSA) is 74.9 Å². The van der Waals surface area contributed by atoms with Gasteiger partial charge in [0.2, 0.25) is 0 Å². The number of nitrogens with one attached hydrogen (secondary N) is 1. The molecule has 0 aliphatic carbocycles. The van der Waals surface area contributed by atoms with Gasteiger partial charge in [-0.3, -0.25) is 0 Å². The molecule has 0 aliphatic rings. The van der Waals surface area contributed by atoms with Gasteiger partial charge in [0.25, 0.3) is 10.0 Å². The second kappa shape index (κ2) is 7.12. The molecule has 5 nitrogen and oxygen atoms in total. The van der Waals surface area contributed by atoms with Crippen molar-refractivity contribution in [3.05, 3.63) is 77.7 Å². The van der Waals surface area contributed by atoms with Crippen molar-refractivity contribution in [1.82, 2.24) is 9.29 Å². The van der Waals surface area contributed by atoms with Crippen LogP contribution in [0.3, 0.4) is 0 Å². The van der Waals surface area contributed by atoms with E-state index in [9.17, 15) is 12.8 Å². The van der Waals surface area contributed by atoms with Crippen LogP contribution < -0.4 is 5.32 Å². The Balaban J connectivity index is 2.10. The van der Waals surface area contributed by atoms with E-state index in [-0.39, 0.29) is 17.1 Å². The van der Waals surface area contributed by atoms with Crippen LogP contribution in [-0.4, -0.2) is 19.4 Å². The molecule has 0 amide bonds. The molecule has 0 spiro atoms. The molecule has 26 heavy (non-hydrogen) atoms. The maximum absolute atomic E-state index is 13.3. The predicted molar refractivity (Wildman–Crippen MR) is 96.3 cm³/mol. The van der Waals surface area contributed by atoms with Crippen LogP contribution in [0.1, 0.15) is 15.2 Å². The summed E-state index contributed by atoms with van der Waals surface area (Å²) in [5.74, 6) is -0.467. The standard InChI is InChI=1S/C19H16FN3O2S/c1-22-12-15-10-19(16-4-6-17(20)7-5-16)23(13-15)26(24,25)18-8-2-14(11-21)3-9-18/h2-10,13,22H,12H2,1H3/i1D3. The van der Waals surface area contributed by atoms with Gasteiger partial charge in [0.15, 0.2) is 0 Å². The Morgan fingerprint density at radius 3 is 2.50 bits per heavy atom. The zero-order chi connectivity index (χ0) is 21.2. The lowest BCUT2D eigenvalue weighted by Crippen LogP contribution is -2.13. The van der Waals surface area contributed by atoms with E-state index >= 15 is 0 Å². The Labute approximate surface area is 155 Å². The van der Waals surface area contributed by atoms with Gasteiger partial charge < -0.3 is 5.32 Å². The van der Waals surface area contributed by atoms with Crippen molar-refractivity contribution in [2.24, 2.45) is 0 Å². The van der Waals surface area contributed by atoms with Crippen LogP contribution in [0.2, 0.25) is 0 Å². The van der Waals surface area contributed by atoms with Crippen LogP contribution in [0.15, 0.2) is 65.7 Å². The Hall–Kier alpha value is -2.95. The molecule has 7 heteroatoms. The fourth-order valence-electron chi connectivity index (χ4n) is 2.54. The molecule has 2 aromatic carbocycles. The molecule has 0 bridgehead atoms. The summed E-state index contributed by atoms with van der Waals surface area (Å²) < 4.78 is 62.5. The van der Waals surface area contributed by atoms with Gasteiger partial charge in [0.1, 0.15) is 5.82 Å². The van der Waals surface area contributed by atoms with Crippen molar-refractivity contribution >= 4 is 10.0 Å². The third kappa shape index (κ3) is 3.38. The Morgan fingerprint density at radius 1 is 1.19 bits per heavy atom. The largest absolute Gasteiger partial charge is 0.316 e. The summed E-state index contributed by atoms with van der Waals surface area (Å²) in [6.45, 7) is -2.47. The normalized spacial score (nSPS) is 13.5. The van der Waals surface area contributed by atoms with Crippen LogP contribution in [0, 0.1) is 17.1 Å². The molecule has 0 radical (unpaired) electrons. The fourth-order valence-corrected chi connectivity index (χ4v) is 3.94. The highest BCUT2D eigenvalue weighted by Crippen LogP contribution is 2.27. The van der Waals surface area contributed by atoms with Crippen LogP contribution in [0.25, 0.3) is 11.3 Å². The molecule has 0 atom stereocenters. The first-order chi connectivity index (χ1) is 13.6.